The standard InChI is InChI=1S/C18H21NO.BrH/c1-20-16-7-8-17-13(10-16)5-6-14-12-19-9-3-2-4-15(19)11-18(14)17;/h5-8,10,15H,2-4,9,11-12H2,1H3;1H. The molecule has 2 aromatic carbocycles. The Balaban J connectivity index is 0.00000132. The molecule has 2 nitrogen and oxygen atoms in total. The fourth-order valence-corrected chi connectivity index (χ4v) is 3.89. The van der Waals surface area contributed by atoms with Crippen LogP contribution < -0.4 is 4.74 Å². The minimum absolute atomic E-state index is 0. The predicted octanol–water partition coefficient (Wildman–Crippen LogP) is 4.34. The first-order valence-corrected chi connectivity index (χ1v) is 7.68. The fraction of sp³-hybridized carbons (Fsp3) is 0.444. The molecule has 0 radical (unpaired) electrons. The SMILES string of the molecule is Br.COc1ccc2c3c(ccc2c1)CN1CCCCC1C3. The third-order valence-corrected chi connectivity index (χ3v) is 5.00. The van der Waals surface area contributed by atoms with Crippen molar-refractivity contribution < 1.29 is 4.74 Å². The second-order valence-electron chi connectivity index (χ2n) is 6.11. The van der Waals surface area contributed by atoms with Gasteiger partial charge in [-0.2, -0.15) is 0 Å². The van der Waals surface area contributed by atoms with Crippen molar-refractivity contribution in [2.24, 2.45) is 0 Å². The Kier molecular flexibility index (Phi) is 4.23. The van der Waals surface area contributed by atoms with Crippen molar-refractivity contribution in [3.8, 4) is 5.75 Å². The van der Waals surface area contributed by atoms with E-state index in [-0.39, 0.29) is 17.0 Å². The Morgan fingerprint density at radius 1 is 1.14 bits per heavy atom. The molecule has 4 rings (SSSR count). The molecule has 2 aliphatic rings. The molecule has 0 aromatic heterocycles. The summed E-state index contributed by atoms with van der Waals surface area (Å²) in [5, 5.41) is 2.74. The maximum atomic E-state index is 5.34. The van der Waals surface area contributed by atoms with Gasteiger partial charge in [-0.1, -0.05) is 24.6 Å². The highest BCUT2D eigenvalue weighted by atomic mass is 79.9. The average molecular weight is 348 g/mol. The van der Waals surface area contributed by atoms with Crippen LogP contribution in [0.2, 0.25) is 0 Å². The van der Waals surface area contributed by atoms with Gasteiger partial charge >= 0.3 is 0 Å². The van der Waals surface area contributed by atoms with Crippen molar-refractivity contribution in [3.63, 3.8) is 0 Å². The molecule has 2 aliphatic heterocycles. The monoisotopic (exact) mass is 347 g/mol. The van der Waals surface area contributed by atoms with E-state index in [1.165, 1.54) is 48.6 Å². The van der Waals surface area contributed by atoms with Gasteiger partial charge in [-0.3, -0.25) is 4.90 Å². The van der Waals surface area contributed by atoms with Gasteiger partial charge in [0.15, 0.2) is 0 Å². The highest BCUT2D eigenvalue weighted by Gasteiger charge is 2.28. The molecule has 112 valence electrons. The van der Waals surface area contributed by atoms with Crippen LogP contribution in [0.5, 0.6) is 5.75 Å². The van der Waals surface area contributed by atoms with Gasteiger partial charge in [-0.15, -0.1) is 17.0 Å². The molecule has 1 unspecified atom stereocenters. The number of ether oxygens (including phenoxy) is 1. The van der Waals surface area contributed by atoms with Crippen LogP contribution in [0.1, 0.15) is 30.4 Å². The summed E-state index contributed by atoms with van der Waals surface area (Å²) in [7, 11) is 1.74. The molecule has 2 heterocycles. The Bertz CT molecular complexity index is 655. The summed E-state index contributed by atoms with van der Waals surface area (Å²) in [5.41, 5.74) is 3.11. The van der Waals surface area contributed by atoms with Crippen molar-refractivity contribution in [1.82, 2.24) is 4.90 Å². The maximum Gasteiger partial charge on any atom is 0.119 e. The number of benzene rings is 2. The summed E-state index contributed by atoms with van der Waals surface area (Å²) < 4.78 is 5.34. The summed E-state index contributed by atoms with van der Waals surface area (Å²) in [6, 6.07) is 11.8. The van der Waals surface area contributed by atoms with Crippen molar-refractivity contribution >= 4 is 27.8 Å². The number of hydrogen-bond acceptors (Lipinski definition) is 2. The minimum Gasteiger partial charge on any atom is -0.497 e. The van der Waals surface area contributed by atoms with E-state index in [9.17, 15) is 0 Å². The molecule has 0 amide bonds. The number of halogens is 1. The Morgan fingerprint density at radius 3 is 2.90 bits per heavy atom. The van der Waals surface area contributed by atoms with Crippen molar-refractivity contribution in [2.45, 2.75) is 38.3 Å². The van der Waals surface area contributed by atoms with Crippen LogP contribution in [-0.4, -0.2) is 24.6 Å². The van der Waals surface area contributed by atoms with Crippen LogP contribution in [0.25, 0.3) is 10.8 Å². The summed E-state index contributed by atoms with van der Waals surface area (Å²) in [5.74, 6) is 0.951. The summed E-state index contributed by atoms with van der Waals surface area (Å²) in [4.78, 5) is 2.68. The van der Waals surface area contributed by atoms with E-state index in [0.29, 0.717) is 0 Å². The van der Waals surface area contributed by atoms with E-state index in [4.69, 9.17) is 4.74 Å². The number of nitrogens with zero attached hydrogens (tertiary/aromatic N) is 1. The molecule has 21 heavy (non-hydrogen) atoms. The van der Waals surface area contributed by atoms with Gasteiger partial charge in [0.2, 0.25) is 0 Å². The molecule has 0 saturated carbocycles. The van der Waals surface area contributed by atoms with Crippen molar-refractivity contribution in [2.75, 3.05) is 13.7 Å². The van der Waals surface area contributed by atoms with E-state index in [2.05, 4.69) is 35.2 Å². The highest BCUT2D eigenvalue weighted by Crippen LogP contribution is 2.34. The Hall–Kier alpha value is -1.06. The van der Waals surface area contributed by atoms with E-state index < -0.39 is 0 Å². The smallest absolute Gasteiger partial charge is 0.119 e. The van der Waals surface area contributed by atoms with Crippen LogP contribution in [0.15, 0.2) is 30.3 Å². The first-order valence-electron chi connectivity index (χ1n) is 7.68. The lowest BCUT2D eigenvalue weighted by Gasteiger charge is -2.40. The lowest BCUT2D eigenvalue weighted by molar-refractivity contribution is 0.128. The minimum atomic E-state index is 0. The normalized spacial score (nSPS) is 21.3. The third kappa shape index (κ3) is 2.58. The van der Waals surface area contributed by atoms with Gasteiger partial charge in [0.25, 0.3) is 0 Å². The highest BCUT2D eigenvalue weighted by molar-refractivity contribution is 8.93. The van der Waals surface area contributed by atoms with Crippen LogP contribution >= 0.6 is 17.0 Å². The third-order valence-electron chi connectivity index (χ3n) is 5.00. The zero-order valence-corrected chi connectivity index (χ0v) is 14.2. The predicted molar refractivity (Wildman–Crippen MR) is 92.6 cm³/mol. The van der Waals surface area contributed by atoms with Crippen LogP contribution in [-0.2, 0) is 13.0 Å². The molecule has 3 heteroatoms. The molecule has 1 fully saturated rings. The van der Waals surface area contributed by atoms with Crippen molar-refractivity contribution in [3.05, 3.63) is 41.5 Å². The van der Waals surface area contributed by atoms with Crippen molar-refractivity contribution in [1.29, 1.82) is 0 Å². The Morgan fingerprint density at radius 2 is 2.05 bits per heavy atom. The second kappa shape index (κ2) is 5.98. The van der Waals surface area contributed by atoms with Crippen LogP contribution in [0.3, 0.4) is 0 Å². The lowest BCUT2D eigenvalue weighted by atomic mass is 9.85. The Labute approximate surface area is 136 Å². The van der Waals surface area contributed by atoms with Gasteiger partial charge in [-0.05, 0) is 59.8 Å². The number of hydrogen-bond donors (Lipinski definition) is 0. The quantitative estimate of drug-likeness (QED) is 0.760. The number of fused-ring (bicyclic) bond motifs is 4. The second-order valence-corrected chi connectivity index (χ2v) is 6.11. The summed E-state index contributed by atoms with van der Waals surface area (Å²) in [6.07, 6.45) is 5.36. The molecule has 1 saturated heterocycles. The lowest BCUT2D eigenvalue weighted by Crippen LogP contribution is -2.43. The summed E-state index contributed by atoms with van der Waals surface area (Å²) in [6.45, 7) is 2.42. The van der Waals surface area contributed by atoms with Gasteiger partial charge in [-0.25, -0.2) is 0 Å². The first kappa shape index (κ1) is 14.9. The molecule has 1 atom stereocenters. The van der Waals surface area contributed by atoms with Gasteiger partial charge < -0.3 is 4.74 Å². The number of rotatable bonds is 1. The summed E-state index contributed by atoms with van der Waals surface area (Å²) >= 11 is 0. The van der Waals surface area contributed by atoms with E-state index in [0.717, 1.165) is 18.3 Å². The van der Waals surface area contributed by atoms with Gasteiger partial charge in [0.1, 0.15) is 5.75 Å². The number of methoxy groups -OCH3 is 1. The zero-order chi connectivity index (χ0) is 13.5. The first-order chi connectivity index (χ1) is 9.85. The largest absolute Gasteiger partial charge is 0.497 e. The maximum absolute atomic E-state index is 5.34. The molecule has 0 bridgehead atoms. The molecule has 0 aliphatic carbocycles. The topological polar surface area (TPSA) is 12.5 Å². The van der Waals surface area contributed by atoms with Crippen LogP contribution in [0, 0.1) is 0 Å². The average Bonchev–Trinajstić information content (AvgIpc) is 2.52. The molecule has 2 aromatic rings. The fourth-order valence-electron chi connectivity index (χ4n) is 3.89. The number of piperidine rings is 1. The van der Waals surface area contributed by atoms with E-state index >= 15 is 0 Å². The molecular formula is C18H22BrNO. The molecule has 0 spiro atoms. The molecule has 0 N–H and O–H groups in total. The van der Waals surface area contributed by atoms with E-state index in [1.807, 2.05) is 0 Å². The van der Waals surface area contributed by atoms with Gasteiger partial charge in [0, 0.05) is 12.6 Å². The molecular weight excluding hydrogens is 326 g/mol. The van der Waals surface area contributed by atoms with E-state index in [1.54, 1.807) is 12.7 Å². The zero-order valence-electron chi connectivity index (χ0n) is 12.5. The van der Waals surface area contributed by atoms with Gasteiger partial charge in [0.05, 0.1) is 7.11 Å². The van der Waals surface area contributed by atoms with Crippen LogP contribution in [0.4, 0.5) is 0 Å².